The number of phosphoric ester groups is 2. The van der Waals surface area contributed by atoms with E-state index >= 15 is 0 Å². The number of carbonyl (C=O) groups is 4. The second-order valence-electron chi connectivity index (χ2n) is 23.7. The van der Waals surface area contributed by atoms with E-state index in [0.717, 1.165) is 108 Å². The van der Waals surface area contributed by atoms with Crippen LogP contribution in [0, 0.1) is 11.8 Å². The van der Waals surface area contributed by atoms with Crippen LogP contribution in [-0.4, -0.2) is 96.7 Å². The van der Waals surface area contributed by atoms with E-state index in [1.165, 1.54) is 122 Å². The van der Waals surface area contributed by atoms with Crippen molar-refractivity contribution in [1.29, 1.82) is 0 Å². The van der Waals surface area contributed by atoms with Gasteiger partial charge in [0.25, 0.3) is 0 Å². The molecule has 0 spiro atoms. The Balaban J connectivity index is 5.18. The van der Waals surface area contributed by atoms with Gasteiger partial charge in [-0.15, -0.1) is 0 Å². The quantitative estimate of drug-likeness (QED) is 0.0222. The van der Waals surface area contributed by atoms with Gasteiger partial charge in [0.2, 0.25) is 0 Å². The average molecular weight is 1210 g/mol. The molecule has 0 aliphatic heterocycles. The maximum atomic E-state index is 13.0. The van der Waals surface area contributed by atoms with Crippen LogP contribution in [0.3, 0.4) is 0 Å². The van der Waals surface area contributed by atoms with E-state index in [4.69, 9.17) is 37.0 Å². The number of hydrogen-bond acceptors (Lipinski definition) is 15. The number of hydrogen-bond donors (Lipinski definition) is 3. The van der Waals surface area contributed by atoms with Crippen molar-refractivity contribution in [3.63, 3.8) is 0 Å². The molecule has 19 heteroatoms. The van der Waals surface area contributed by atoms with Crippen molar-refractivity contribution in [3.8, 4) is 0 Å². The van der Waals surface area contributed by atoms with Crippen LogP contribution >= 0.6 is 15.6 Å². The predicted molar refractivity (Wildman–Crippen MR) is 326 cm³/mol. The lowest BCUT2D eigenvalue weighted by atomic mass is 10.0. The maximum absolute atomic E-state index is 13.0. The Morgan fingerprint density at radius 3 is 0.829 bits per heavy atom. The Bertz CT molecular complexity index is 1620. The summed E-state index contributed by atoms with van der Waals surface area (Å²) in [6, 6.07) is 0. The third kappa shape index (κ3) is 57.2. The van der Waals surface area contributed by atoms with E-state index in [1.807, 2.05) is 0 Å². The number of carbonyl (C=O) groups excluding carboxylic acids is 4. The molecule has 0 aromatic carbocycles. The van der Waals surface area contributed by atoms with Gasteiger partial charge in [-0.05, 0) is 37.5 Å². The maximum Gasteiger partial charge on any atom is 0.472 e. The first-order valence-corrected chi connectivity index (χ1v) is 36.0. The van der Waals surface area contributed by atoms with E-state index in [2.05, 4.69) is 41.5 Å². The highest BCUT2D eigenvalue weighted by Crippen LogP contribution is 2.45. The lowest BCUT2D eigenvalue weighted by Crippen LogP contribution is -2.30. The monoisotopic (exact) mass is 1210 g/mol. The molecule has 17 nitrogen and oxygen atoms in total. The average Bonchev–Trinajstić information content (AvgIpc) is 3.44. The highest BCUT2D eigenvalue weighted by molar-refractivity contribution is 7.47. The van der Waals surface area contributed by atoms with E-state index < -0.39 is 97.5 Å². The van der Waals surface area contributed by atoms with Gasteiger partial charge in [0, 0.05) is 25.7 Å². The summed E-state index contributed by atoms with van der Waals surface area (Å²) in [5, 5.41) is 10.5. The van der Waals surface area contributed by atoms with Crippen molar-refractivity contribution in [2.24, 2.45) is 11.8 Å². The Morgan fingerprint density at radius 1 is 0.329 bits per heavy atom. The summed E-state index contributed by atoms with van der Waals surface area (Å²) >= 11 is 0. The molecule has 82 heavy (non-hydrogen) atoms. The van der Waals surface area contributed by atoms with Crippen molar-refractivity contribution in [2.45, 2.75) is 330 Å². The highest BCUT2D eigenvalue weighted by Gasteiger charge is 2.30. The SMILES string of the molecule is CCCCCCCCCCCCC(=O)O[C@H](COC(=O)CCCCCCC)COP(=O)(O)OC[C@H](O)COP(=O)(O)OC[C@@H](COC(=O)CCCCCCCCCCCCC(C)C)OC(=O)CCCCCCCCCCCCCC(C)C. The van der Waals surface area contributed by atoms with Gasteiger partial charge in [-0.2, -0.15) is 0 Å². The standard InChI is InChI=1S/C63H122O17P2/c1-7-9-11-13-14-15-23-29-35-41-47-62(67)79-58(51-73-60(65)45-39-31-12-10-8-2)53-77-81(69,70)75-49-57(64)50-76-82(71,72)78-54-59(52-74-61(66)46-40-34-28-24-20-19-22-27-33-38-44-56(5)6)80-63(68)48-42-36-30-25-18-16-17-21-26-32-37-43-55(3)4/h55-59,64H,7-54H2,1-6H3,(H,69,70)(H,71,72)/t57-,58+,59+/m0/s1. The Labute approximate surface area is 498 Å². The van der Waals surface area contributed by atoms with Crippen molar-refractivity contribution in [3.05, 3.63) is 0 Å². The second kappa shape index (κ2) is 55.6. The number of aliphatic hydroxyl groups is 1. The van der Waals surface area contributed by atoms with Crippen LogP contribution in [0.15, 0.2) is 0 Å². The summed E-state index contributed by atoms with van der Waals surface area (Å²) in [6.07, 6.45) is 37.9. The van der Waals surface area contributed by atoms with E-state index in [-0.39, 0.29) is 25.7 Å². The Hall–Kier alpha value is -1.94. The summed E-state index contributed by atoms with van der Waals surface area (Å²) in [6.45, 7) is 9.39. The predicted octanol–water partition coefficient (Wildman–Crippen LogP) is 17.3. The molecule has 0 aromatic heterocycles. The molecule has 0 aliphatic carbocycles. The fourth-order valence-electron chi connectivity index (χ4n) is 9.35. The summed E-state index contributed by atoms with van der Waals surface area (Å²) in [5.74, 6) is -0.622. The van der Waals surface area contributed by atoms with Crippen molar-refractivity contribution < 1.29 is 80.2 Å². The fourth-order valence-corrected chi connectivity index (χ4v) is 10.9. The van der Waals surface area contributed by atoms with Gasteiger partial charge >= 0.3 is 39.5 Å². The lowest BCUT2D eigenvalue weighted by Gasteiger charge is -2.21. The van der Waals surface area contributed by atoms with Crippen LogP contribution in [-0.2, 0) is 65.4 Å². The van der Waals surface area contributed by atoms with Gasteiger partial charge in [-0.1, -0.05) is 260 Å². The molecule has 0 fully saturated rings. The van der Waals surface area contributed by atoms with Gasteiger partial charge in [-0.25, -0.2) is 9.13 Å². The summed E-state index contributed by atoms with van der Waals surface area (Å²) in [4.78, 5) is 71.9. The molecule has 0 saturated heterocycles. The first-order valence-electron chi connectivity index (χ1n) is 33.0. The molecule has 0 aliphatic rings. The summed E-state index contributed by atoms with van der Waals surface area (Å²) in [7, 11) is -9.88. The third-order valence-electron chi connectivity index (χ3n) is 14.5. The zero-order valence-electron chi connectivity index (χ0n) is 52.8. The van der Waals surface area contributed by atoms with Gasteiger partial charge in [0.15, 0.2) is 12.2 Å². The molecular weight excluding hydrogens is 1090 g/mol. The van der Waals surface area contributed by atoms with E-state index in [9.17, 15) is 43.2 Å². The van der Waals surface area contributed by atoms with E-state index in [1.54, 1.807) is 0 Å². The van der Waals surface area contributed by atoms with Crippen LogP contribution in [0.4, 0.5) is 0 Å². The number of ether oxygens (including phenoxy) is 4. The molecule has 486 valence electrons. The molecule has 5 atom stereocenters. The highest BCUT2D eigenvalue weighted by atomic mass is 31.2. The van der Waals surface area contributed by atoms with Crippen molar-refractivity contribution in [2.75, 3.05) is 39.6 Å². The topological polar surface area (TPSA) is 237 Å². The number of aliphatic hydroxyl groups excluding tert-OH is 1. The molecule has 2 unspecified atom stereocenters. The number of unbranched alkanes of at least 4 members (excludes halogenated alkanes) is 32. The molecule has 0 radical (unpaired) electrons. The molecule has 0 bridgehead atoms. The largest absolute Gasteiger partial charge is 0.472 e. The van der Waals surface area contributed by atoms with Crippen molar-refractivity contribution in [1.82, 2.24) is 0 Å². The molecule has 0 amide bonds. The second-order valence-corrected chi connectivity index (χ2v) is 26.7. The molecule has 3 N–H and O–H groups in total. The van der Waals surface area contributed by atoms with Crippen LogP contribution in [0.5, 0.6) is 0 Å². The van der Waals surface area contributed by atoms with Crippen molar-refractivity contribution >= 4 is 39.5 Å². The smallest absolute Gasteiger partial charge is 0.462 e. The van der Waals surface area contributed by atoms with Crippen LogP contribution < -0.4 is 0 Å². The molecule has 0 aromatic rings. The fraction of sp³-hybridized carbons (Fsp3) is 0.937. The summed E-state index contributed by atoms with van der Waals surface area (Å²) in [5.41, 5.74) is 0. The van der Waals surface area contributed by atoms with Crippen LogP contribution in [0.25, 0.3) is 0 Å². The van der Waals surface area contributed by atoms with E-state index in [0.29, 0.717) is 25.7 Å². The first-order chi connectivity index (χ1) is 39.4. The van der Waals surface area contributed by atoms with Crippen LogP contribution in [0.1, 0.15) is 311 Å². The van der Waals surface area contributed by atoms with Crippen LogP contribution in [0.2, 0.25) is 0 Å². The molecule has 0 saturated carbocycles. The van der Waals surface area contributed by atoms with Gasteiger partial charge in [0.1, 0.15) is 19.3 Å². The third-order valence-corrected chi connectivity index (χ3v) is 16.4. The number of phosphoric acid groups is 2. The molecule has 0 heterocycles. The minimum Gasteiger partial charge on any atom is -0.462 e. The number of rotatable bonds is 62. The lowest BCUT2D eigenvalue weighted by molar-refractivity contribution is -0.161. The minimum atomic E-state index is -4.94. The minimum absolute atomic E-state index is 0.105. The molecular formula is C63H122O17P2. The van der Waals surface area contributed by atoms with Gasteiger partial charge < -0.3 is 33.8 Å². The summed E-state index contributed by atoms with van der Waals surface area (Å²) < 4.78 is 67.8. The Morgan fingerprint density at radius 2 is 0.561 bits per heavy atom. The molecule has 0 rings (SSSR count). The first kappa shape index (κ1) is 80.1. The zero-order valence-corrected chi connectivity index (χ0v) is 54.6. The normalized spacial score (nSPS) is 14.3. The Kier molecular flexibility index (Phi) is 54.3. The number of esters is 4. The van der Waals surface area contributed by atoms with Gasteiger partial charge in [0.05, 0.1) is 26.4 Å². The van der Waals surface area contributed by atoms with Gasteiger partial charge in [-0.3, -0.25) is 37.3 Å². The zero-order chi connectivity index (χ0) is 60.8.